The molecule has 108 valence electrons. The highest BCUT2D eigenvalue weighted by atomic mass is 19.1. The van der Waals surface area contributed by atoms with Crippen molar-refractivity contribution in [1.82, 2.24) is 14.9 Å². The number of hydrogen-bond donors (Lipinski definition) is 2. The van der Waals surface area contributed by atoms with E-state index in [1.807, 2.05) is 14.1 Å². The molecule has 2 N–H and O–H groups in total. The van der Waals surface area contributed by atoms with Crippen LogP contribution in [0, 0.1) is 11.7 Å². The van der Waals surface area contributed by atoms with Gasteiger partial charge in [-0.3, -0.25) is 0 Å². The van der Waals surface area contributed by atoms with E-state index in [0.717, 1.165) is 13.0 Å². The first-order valence-electron chi connectivity index (χ1n) is 6.54. The summed E-state index contributed by atoms with van der Waals surface area (Å²) in [5, 5.41) is 5.99. The Kier molecular flexibility index (Phi) is 5.95. The maximum absolute atomic E-state index is 13.7. The molecule has 0 aliphatic heterocycles. The van der Waals surface area contributed by atoms with Gasteiger partial charge in [-0.25, -0.2) is 9.37 Å². The Morgan fingerprint density at radius 1 is 1.37 bits per heavy atom. The minimum atomic E-state index is -0.425. The van der Waals surface area contributed by atoms with Crippen LogP contribution >= 0.6 is 0 Å². The number of nitrogens with one attached hydrogen (secondary N) is 2. The maximum atomic E-state index is 13.7. The van der Waals surface area contributed by atoms with E-state index >= 15 is 0 Å². The summed E-state index contributed by atoms with van der Waals surface area (Å²) in [7, 11) is 5.72. The topological polar surface area (TPSA) is 53.1 Å². The van der Waals surface area contributed by atoms with Gasteiger partial charge in [0.05, 0.1) is 6.20 Å². The molecule has 0 fully saturated rings. The van der Waals surface area contributed by atoms with Crippen molar-refractivity contribution in [2.24, 2.45) is 5.92 Å². The minimum Gasteiger partial charge on any atom is -0.363 e. The third-order valence-corrected chi connectivity index (χ3v) is 2.65. The van der Waals surface area contributed by atoms with Crippen LogP contribution in [0.1, 0.15) is 20.3 Å². The monoisotopic (exact) mass is 269 g/mol. The highest BCUT2D eigenvalue weighted by Gasteiger charge is 2.15. The van der Waals surface area contributed by atoms with E-state index in [9.17, 15) is 4.39 Å². The van der Waals surface area contributed by atoms with Gasteiger partial charge in [0.15, 0.2) is 11.6 Å². The average Bonchev–Trinajstić information content (AvgIpc) is 2.30. The fourth-order valence-corrected chi connectivity index (χ4v) is 1.97. The van der Waals surface area contributed by atoms with Crippen LogP contribution in [0.25, 0.3) is 0 Å². The Labute approximate surface area is 114 Å². The van der Waals surface area contributed by atoms with E-state index in [-0.39, 0.29) is 11.9 Å². The van der Waals surface area contributed by atoms with E-state index in [1.54, 1.807) is 7.05 Å². The van der Waals surface area contributed by atoms with Gasteiger partial charge in [-0.15, -0.1) is 0 Å². The standard InChI is InChI=1S/C13H24FN5/c1-9(2)6-10(8-19(4)5)17-12-11(14)7-16-13(15-3)18-12/h7,9-10H,6,8H2,1-5H3,(H2,15,16,17,18). The van der Waals surface area contributed by atoms with Gasteiger partial charge in [0.1, 0.15) is 0 Å². The van der Waals surface area contributed by atoms with Crippen molar-refractivity contribution >= 4 is 11.8 Å². The molecule has 0 radical (unpaired) electrons. The second-order valence-corrected chi connectivity index (χ2v) is 5.37. The maximum Gasteiger partial charge on any atom is 0.224 e. The molecule has 1 heterocycles. The zero-order valence-corrected chi connectivity index (χ0v) is 12.4. The van der Waals surface area contributed by atoms with Crippen molar-refractivity contribution in [2.75, 3.05) is 38.3 Å². The van der Waals surface area contributed by atoms with Gasteiger partial charge in [0.25, 0.3) is 0 Å². The summed E-state index contributed by atoms with van der Waals surface area (Å²) in [6, 6.07) is 0.157. The number of rotatable bonds is 7. The van der Waals surface area contributed by atoms with Gasteiger partial charge in [0.2, 0.25) is 5.95 Å². The molecule has 0 amide bonds. The van der Waals surface area contributed by atoms with Crippen LogP contribution < -0.4 is 10.6 Å². The number of anilines is 2. The molecule has 0 saturated heterocycles. The fraction of sp³-hybridized carbons (Fsp3) is 0.692. The van der Waals surface area contributed by atoms with Gasteiger partial charge in [-0.05, 0) is 26.4 Å². The largest absolute Gasteiger partial charge is 0.363 e. The lowest BCUT2D eigenvalue weighted by atomic mass is 10.0. The lowest BCUT2D eigenvalue weighted by Crippen LogP contribution is -2.34. The lowest BCUT2D eigenvalue weighted by molar-refractivity contribution is 0.355. The molecule has 1 atom stereocenters. The van der Waals surface area contributed by atoms with Crippen molar-refractivity contribution in [1.29, 1.82) is 0 Å². The van der Waals surface area contributed by atoms with Crippen molar-refractivity contribution in [3.8, 4) is 0 Å². The number of halogens is 1. The summed E-state index contributed by atoms with van der Waals surface area (Å²) < 4.78 is 13.7. The average molecular weight is 269 g/mol. The van der Waals surface area contributed by atoms with Crippen molar-refractivity contribution in [3.05, 3.63) is 12.0 Å². The molecule has 0 spiro atoms. The molecule has 5 nitrogen and oxygen atoms in total. The summed E-state index contributed by atoms with van der Waals surface area (Å²) >= 11 is 0. The van der Waals surface area contributed by atoms with Gasteiger partial charge in [0, 0.05) is 19.6 Å². The Morgan fingerprint density at radius 3 is 2.58 bits per heavy atom. The zero-order valence-electron chi connectivity index (χ0n) is 12.4. The first-order valence-corrected chi connectivity index (χ1v) is 6.54. The van der Waals surface area contributed by atoms with Gasteiger partial charge in [-0.1, -0.05) is 13.8 Å². The fourth-order valence-electron chi connectivity index (χ4n) is 1.97. The highest BCUT2D eigenvalue weighted by molar-refractivity contribution is 5.41. The first kappa shape index (κ1) is 15.6. The van der Waals surface area contributed by atoms with Crippen LogP contribution in [0.2, 0.25) is 0 Å². The molecular formula is C13H24FN5. The van der Waals surface area contributed by atoms with Gasteiger partial charge >= 0.3 is 0 Å². The van der Waals surface area contributed by atoms with Crippen molar-refractivity contribution < 1.29 is 4.39 Å². The second kappa shape index (κ2) is 7.23. The molecule has 19 heavy (non-hydrogen) atoms. The molecule has 0 bridgehead atoms. The predicted molar refractivity (Wildman–Crippen MR) is 77.0 cm³/mol. The third-order valence-electron chi connectivity index (χ3n) is 2.65. The smallest absolute Gasteiger partial charge is 0.224 e. The zero-order chi connectivity index (χ0) is 14.4. The molecule has 1 aromatic heterocycles. The molecule has 1 unspecified atom stereocenters. The molecular weight excluding hydrogens is 245 g/mol. The molecule has 1 aromatic rings. The Bertz CT molecular complexity index is 385. The number of nitrogens with zero attached hydrogens (tertiary/aromatic N) is 3. The predicted octanol–water partition coefficient (Wildman–Crippen LogP) is 2.05. The number of hydrogen-bond acceptors (Lipinski definition) is 5. The molecule has 0 aromatic carbocycles. The highest BCUT2D eigenvalue weighted by Crippen LogP contribution is 2.16. The minimum absolute atomic E-state index is 0.157. The third kappa shape index (κ3) is 5.38. The van der Waals surface area contributed by atoms with E-state index in [1.165, 1.54) is 6.20 Å². The summed E-state index contributed by atoms with van der Waals surface area (Å²) in [4.78, 5) is 10.0. The Morgan fingerprint density at radius 2 is 2.05 bits per heavy atom. The quantitative estimate of drug-likeness (QED) is 0.793. The molecule has 0 aliphatic carbocycles. The summed E-state index contributed by atoms with van der Waals surface area (Å²) in [6.07, 6.45) is 2.14. The molecule has 6 heteroatoms. The van der Waals surface area contributed by atoms with Crippen LogP contribution in [-0.4, -0.2) is 48.6 Å². The normalized spacial score (nSPS) is 12.8. The van der Waals surface area contributed by atoms with E-state index in [0.29, 0.717) is 11.9 Å². The first-order chi connectivity index (χ1) is 8.92. The van der Waals surface area contributed by atoms with Crippen molar-refractivity contribution in [3.63, 3.8) is 0 Å². The summed E-state index contributed by atoms with van der Waals surface area (Å²) in [5.74, 6) is 0.779. The van der Waals surface area contributed by atoms with Crippen LogP contribution in [-0.2, 0) is 0 Å². The van der Waals surface area contributed by atoms with Gasteiger partial charge < -0.3 is 15.5 Å². The lowest BCUT2D eigenvalue weighted by Gasteiger charge is -2.24. The van der Waals surface area contributed by atoms with Gasteiger partial charge in [-0.2, -0.15) is 4.98 Å². The van der Waals surface area contributed by atoms with E-state index in [2.05, 4.69) is 39.3 Å². The van der Waals surface area contributed by atoms with Crippen molar-refractivity contribution in [2.45, 2.75) is 26.3 Å². The summed E-state index contributed by atoms with van der Waals surface area (Å²) in [5.41, 5.74) is 0. The van der Waals surface area contributed by atoms with E-state index in [4.69, 9.17) is 0 Å². The van der Waals surface area contributed by atoms with Crippen LogP contribution in [0.4, 0.5) is 16.2 Å². The number of likely N-dealkylation sites (N-methyl/N-ethyl adjacent to an activating group) is 1. The number of aromatic nitrogens is 2. The molecule has 1 rings (SSSR count). The SMILES string of the molecule is CNc1ncc(F)c(NC(CC(C)C)CN(C)C)n1. The van der Waals surface area contributed by atoms with Crippen LogP contribution in [0.5, 0.6) is 0 Å². The summed E-state index contributed by atoms with van der Waals surface area (Å²) in [6.45, 7) is 5.13. The Balaban J connectivity index is 2.82. The van der Waals surface area contributed by atoms with E-state index < -0.39 is 5.82 Å². The molecule has 0 aliphatic rings. The van der Waals surface area contributed by atoms with Crippen LogP contribution in [0.3, 0.4) is 0 Å². The Hall–Kier alpha value is -1.43. The second-order valence-electron chi connectivity index (χ2n) is 5.37. The van der Waals surface area contributed by atoms with Crippen LogP contribution in [0.15, 0.2) is 6.20 Å². The molecule has 0 saturated carbocycles.